The molecule has 0 radical (unpaired) electrons. The first-order valence-corrected chi connectivity index (χ1v) is 9.55. The van der Waals surface area contributed by atoms with Gasteiger partial charge in [0.05, 0.1) is 20.8 Å². The molecule has 1 aliphatic heterocycles. The molecule has 1 amide bonds. The molecule has 4 rings (SSSR count). The highest BCUT2D eigenvalue weighted by atomic mass is 16.6. The van der Waals surface area contributed by atoms with Crippen molar-refractivity contribution in [2.75, 3.05) is 27.4 Å². The van der Waals surface area contributed by atoms with Crippen LogP contribution in [0.1, 0.15) is 28.8 Å². The Bertz CT molecular complexity index is 951. The van der Waals surface area contributed by atoms with Crippen molar-refractivity contribution in [1.29, 1.82) is 0 Å². The number of methoxy groups -OCH3 is 2. The number of nitrogens with one attached hydrogen (secondary N) is 1. The maximum Gasteiger partial charge on any atom is 0.344 e. The van der Waals surface area contributed by atoms with Crippen LogP contribution in [-0.2, 0) is 16.1 Å². The molecule has 29 heavy (non-hydrogen) atoms. The Morgan fingerprint density at radius 3 is 2.59 bits per heavy atom. The zero-order valence-electron chi connectivity index (χ0n) is 16.4. The lowest BCUT2D eigenvalue weighted by molar-refractivity contribution is -0.146. The molecule has 7 heteroatoms. The topological polar surface area (TPSA) is 83.1 Å². The number of fused-ring (bicyclic) bond motifs is 1. The first-order valence-electron chi connectivity index (χ1n) is 9.55. The lowest BCUT2D eigenvalue weighted by Gasteiger charge is -2.18. The molecule has 1 saturated carbocycles. The molecule has 0 unspecified atom stereocenters. The summed E-state index contributed by atoms with van der Waals surface area (Å²) >= 11 is 0. The number of rotatable bonds is 8. The molecule has 0 aromatic heterocycles. The van der Waals surface area contributed by atoms with Gasteiger partial charge in [-0.15, -0.1) is 0 Å². The van der Waals surface area contributed by atoms with Crippen LogP contribution in [0.3, 0.4) is 0 Å². The average Bonchev–Trinajstić information content (AvgIpc) is 3.51. The van der Waals surface area contributed by atoms with E-state index >= 15 is 0 Å². The zero-order valence-corrected chi connectivity index (χ0v) is 16.4. The molecule has 0 saturated heterocycles. The molecule has 2 aromatic carbocycles. The monoisotopic (exact) mass is 397 g/mol. The fourth-order valence-electron chi connectivity index (χ4n) is 3.34. The molecule has 1 fully saturated rings. The molecule has 1 N–H and O–H groups in total. The smallest absolute Gasteiger partial charge is 0.344 e. The van der Waals surface area contributed by atoms with Crippen molar-refractivity contribution in [3.63, 3.8) is 0 Å². The number of ether oxygens (including phenoxy) is 4. The quantitative estimate of drug-likeness (QED) is 0.690. The van der Waals surface area contributed by atoms with Crippen LogP contribution >= 0.6 is 0 Å². The predicted octanol–water partition coefficient (Wildman–Crippen LogP) is 2.95. The van der Waals surface area contributed by atoms with Gasteiger partial charge in [-0.25, -0.2) is 4.79 Å². The van der Waals surface area contributed by atoms with E-state index in [4.69, 9.17) is 18.9 Å². The van der Waals surface area contributed by atoms with Crippen molar-refractivity contribution in [1.82, 2.24) is 5.32 Å². The Hall–Kier alpha value is -3.22. The summed E-state index contributed by atoms with van der Waals surface area (Å²) in [5.41, 5.74) is 3.17. The van der Waals surface area contributed by atoms with Gasteiger partial charge in [0.2, 0.25) is 5.75 Å². The minimum absolute atomic E-state index is 0.0752. The Morgan fingerprint density at radius 1 is 1.07 bits per heavy atom. The fraction of sp³-hybridized carbons (Fsp3) is 0.364. The minimum atomic E-state index is -0.420. The Kier molecular flexibility index (Phi) is 5.29. The van der Waals surface area contributed by atoms with Crippen LogP contribution < -0.4 is 19.5 Å². The summed E-state index contributed by atoms with van der Waals surface area (Å²) in [6.45, 7) is 0.698. The van der Waals surface area contributed by atoms with E-state index in [2.05, 4.69) is 5.32 Å². The van der Waals surface area contributed by atoms with Gasteiger partial charge in [0.15, 0.2) is 18.1 Å². The Balaban J connectivity index is 1.64. The van der Waals surface area contributed by atoms with E-state index in [0.717, 1.165) is 29.5 Å². The highest BCUT2D eigenvalue weighted by Gasteiger charge is 2.25. The fourth-order valence-corrected chi connectivity index (χ4v) is 3.34. The lowest BCUT2D eigenvalue weighted by Crippen LogP contribution is -2.16. The van der Waals surface area contributed by atoms with Gasteiger partial charge in [0.1, 0.15) is 0 Å². The van der Waals surface area contributed by atoms with Crippen molar-refractivity contribution < 1.29 is 28.5 Å². The second-order valence-electron chi connectivity index (χ2n) is 7.15. The van der Waals surface area contributed by atoms with Crippen molar-refractivity contribution in [2.24, 2.45) is 5.92 Å². The van der Waals surface area contributed by atoms with E-state index in [9.17, 15) is 9.59 Å². The van der Waals surface area contributed by atoms with E-state index in [0.29, 0.717) is 41.9 Å². The molecule has 152 valence electrons. The summed E-state index contributed by atoms with van der Waals surface area (Å²) in [7, 11) is 3.06. The molecular weight excluding hydrogens is 374 g/mol. The van der Waals surface area contributed by atoms with Crippen molar-refractivity contribution >= 4 is 11.9 Å². The maximum atomic E-state index is 12.1. The maximum absolute atomic E-state index is 12.1. The van der Waals surface area contributed by atoms with Gasteiger partial charge < -0.3 is 24.3 Å². The van der Waals surface area contributed by atoms with Crippen LogP contribution in [0.5, 0.6) is 17.2 Å². The van der Waals surface area contributed by atoms with Gasteiger partial charge in [0, 0.05) is 17.7 Å². The van der Waals surface area contributed by atoms with Gasteiger partial charge in [-0.3, -0.25) is 4.79 Å². The highest BCUT2D eigenvalue weighted by molar-refractivity contribution is 5.99. The SMILES string of the molecule is COc1ccc(-c2ccc3c(c2)CNC3=O)c(OCC(=O)OCC2CC2)c1OC. The first-order chi connectivity index (χ1) is 14.1. The van der Waals surface area contributed by atoms with E-state index in [1.54, 1.807) is 12.1 Å². The number of carbonyl (C=O) groups is 2. The Morgan fingerprint density at radius 2 is 1.86 bits per heavy atom. The second-order valence-corrected chi connectivity index (χ2v) is 7.15. The Labute approximate surface area is 168 Å². The molecule has 1 aliphatic carbocycles. The highest BCUT2D eigenvalue weighted by Crippen LogP contribution is 2.45. The first kappa shape index (κ1) is 19.1. The third-order valence-corrected chi connectivity index (χ3v) is 5.11. The standard InChI is InChI=1S/C22H23NO6/c1-26-18-8-7-16(14-5-6-17-15(9-14)10-23-22(17)25)20(21(18)27-2)29-12-19(24)28-11-13-3-4-13/h5-9,13H,3-4,10-12H2,1-2H3,(H,23,25). The van der Waals surface area contributed by atoms with Crippen LogP contribution in [-0.4, -0.2) is 39.3 Å². The third-order valence-electron chi connectivity index (χ3n) is 5.11. The van der Waals surface area contributed by atoms with Gasteiger partial charge in [-0.1, -0.05) is 6.07 Å². The average molecular weight is 397 g/mol. The van der Waals surface area contributed by atoms with Crippen LogP contribution in [0.4, 0.5) is 0 Å². The largest absolute Gasteiger partial charge is 0.493 e. The van der Waals surface area contributed by atoms with Gasteiger partial charge in [0.25, 0.3) is 5.91 Å². The van der Waals surface area contributed by atoms with Crippen molar-refractivity contribution in [3.05, 3.63) is 41.5 Å². The molecule has 0 atom stereocenters. The number of benzene rings is 2. The predicted molar refractivity (Wildman–Crippen MR) is 105 cm³/mol. The molecule has 0 bridgehead atoms. The van der Waals surface area contributed by atoms with Crippen molar-refractivity contribution in [3.8, 4) is 28.4 Å². The zero-order chi connectivity index (χ0) is 20.4. The normalized spacial score (nSPS) is 14.8. The van der Waals surface area contributed by atoms with E-state index in [1.807, 2.05) is 18.2 Å². The third kappa shape index (κ3) is 3.99. The summed E-state index contributed by atoms with van der Waals surface area (Å²) < 4.78 is 22.0. The summed E-state index contributed by atoms with van der Waals surface area (Å²) in [6, 6.07) is 9.20. The van der Waals surface area contributed by atoms with Crippen LogP contribution in [0.15, 0.2) is 30.3 Å². The number of carbonyl (C=O) groups excluding carboxylic acids is 2. The summed E-state index contributed by atoms with van der Waals surface area (Å²) in [5.74, 6) is 1.28. The number of hydrogen-bond acceptors (Lipinski definition) is 6. The minimum Gasteiger partial charge on any atom is -0.493 e. The van der Waals surface area contributed by atoms with Gasteiger partial charge in [-0.05, 0) is 54.2 Å². The summed E-state index contributed by atoms with van der Waals surface area (Å²) in [5, 5.41) is 2.81. The summed E-state index contributed by atoms with van der Waals surface area (Å²) in [4.78, 5) is 23.9. The molecule has 7 nitrogen and oxygen atoms in total. The van der Waals surface area contributed by atoms with E-state index in [-0.39, 0.29) is 12.5 Å². The lowest BCUT2D eigenvalue weighted by atomic mass is 9.99. The molecular formula is C22H23NO6. The van der Waals surface area contributed by atoms with Gasteiger partial charge >= 0.3 is 5.97 Å². The van der Waals surface area contributed by atoms with E-state index < -0.39 is 5.97 Å². The number of esters is 1. The van der Waals surface area contributed by atoms with Gasteiger partial charge in [-0.2, -0.15) is 0 Å². The van der Waals surface area contributed by atoms with Crippen molar-refractivity contribution in [2.45, 2.75) is 19.4 Å². The molecule has 2 aliphatic rings. The van der Waals surface area contributed by atoms with Crippen LogP contribution in [0, 0.1) is 5.92 Å². The second kappa shape index (κ2) is 8.03. The molecule has 2 aromatic rings. The number of hydrogen-bond donors (Lipinski definition) is 1. The van der Waals surface area contributed by atoms with E-state index in [1.165, 1.54) is 14.2 Å². The van der Waals surface area contributed by atoms with Crippen LogP contribution in [0.2, 0.25) is 0 Å². The molecule has 0 spiro atoms. The van der Waals surface area contributed by atoms with Crippen LogP contribution in [0.25, 0.3) is 11.1 Å². The molecule has 1 heterocycles. The number of amides is 1. The summed E-state index contributed by atoms with van der Waals surface area (Å²) in [6.07, 6.45) is 2.22.